The molecule has 0 radical (unpaired) electrons. The van der Waals surface area contributed by atoms with Crippen molar-refractivity contribution in [3.05, 3.63) is 41.6 Å². The van der Waals surface area contributed by atoms with Gasteiger partial charge in [0.15, 0.2) is 0 Å². The topological polar surface area (TPSA) is 106 Å². The molecule has 0 unspecified atom stereocenters. The maximum atomic E-state index is 11.4. The summed E-state index contributed by atoms with van der Waals surface area (Å²) < 4.78 is 4.29. The Balaban J connectivity index is 1.98. The Morgan fingerprint density at radius 3 is 2.76 bits per heavy atom. The Kier molecular flexibility index (Phi) is 3.10. The first kappa shape index (κ1) is 10.8. The Labute approximate surface area is 96.3 Å². The highest BCUT2D eigenvalue weighted by Crippen LogP contribution is 2.02. The van der Waals surface area contributed by atoms with Gasteiger partial charge in [0.2, 0.25) is 11.5 Å². The zero-order valence-corrected chi connectivity index (χ0v) is 8.70. The lowest BCUT2D eigenvalue weighted by Gasteiger charge is -1.94. The van der Waals surface area contributed by atoms with Gasteiger partial charge in [-0.1, -0.05) is 30.3 Å². The SMILES string of the molecule is Nc1nonc1C(=O)N/N=C\c1ccccc1. The van der Waals surface area contributed by atoms with Gasteiger partial charge in [-0.25, -0.2) is 10.1 Å². The van der Waals surface area contributed by atoms with Gasteiger partial charge < -0.3 is 5.73 Å². The van der Waals surface area contributed by atoms with Crippen LogP contribution < -0.4 is 11.2 Å². The summed E-state index contributed by atoms with van der Waals surface area (Å²) in [7, 11) is 0. The van der Waals surface area contributed by atoms with Crippen molar-refractivity contribution in [1.29, 1.82) is 0 Å². The van der Waals surface area contributed by atoms with E-state index in [1.807, 2.05) is 30.3 Å². The van der Waals surface area contributed by atoms with Crippen LogP contribution in [0.1, 0.15) is 16.1 Å². The van der Waals surface area contributed by atoms with Crippen LogP contribution in [0.4, 0.5) is 5.82 Å². The molecule has 0 saturated heterocycles. The Morgan fingerprint density at radius 1 is 1.35 bits per heavy atom. The summed E-state index contributed by atoms with van der Waals surface area (Å²) in [5, 5.41) is 10.4. The number of nitrogens with zero attached hydrogens (tertiary/aromatic N) is 3. The molecule has 0 spiro atoms. The van der Waals surface area contributed by atoms with Crippen LogP contribution in [0.25, 0.3) is 0 Å². The summed E-state index contributed by atoms with van der Waals surface area (Å²) in [6.07, 6.45) is 1.50. The summed E-state index contributed by atoms with van der Waals surface area (Å²) in [5.74, 6) is -0.645. The lowest BCUT2D eigenvalue weighted by atomic mass is 10.2. The van der Waals surface area contributed by atoms with Gasteiger partial charge in [-0.2, -0.15) is 5.10 Å². The van der Waals surface area contributed by atoms with Crippen molar-refractivity contribution >= 4 is 17.9 Å². The van der Waals surface area contributed by atoms with E-state index in [0.717, 1.165) is 5.56 Å². The van der Waals surface area contributed by atoms with Gasteiger partial charge in [-0.3, -0.25) is 4.79 Å². The lowest BCUT2D eigenvalue weighted by Crippen LogP contribution is -2.19. The van der Waals surface area contributed by atoms with Crippen molar-refractivity contribution in [3.8, 4) is 0 Å². The molecule has 86 valence electrons. The van der Waals surface area contributed by atoms with E-state index in [9.17, 15) is 4.79 Å². The molecule has 0 aliphatic rings. The molecule has 7 nitrogen and oxygen atoms in total. The summed E-state index contributed by atoms with van der Waals surface area (Å²) in [6, 6.07) is 9.31. The molecule has 17 heavy (non-hydrogen) atoms. The van der Waals surface area contributed by atoms with E-state index in [4.69, 9.17) is 5.73 Å². The first-order valence-electron chi connectivity index (χ1n) is 4.74. The molecule has 0 fully saturated rings. The number of nitrogen functional groups attached to an aromatic ring is 1. The standard InChI is InChI=1S/C10H9N5O2/c11-9-8(14-17-15-9)10(16)13-12-6-7-4-2-1-3-5-7/h1-6H,(H2,11,15)(H,13,16)/b12-6-. The normalized spacial score (nSPS) is 10.6. The molecule has 0 saturated carbocycles. The van der Waals surface area contributed by atoms with Crippen LogP contribution in [0.2, 0.25) is 0 Å². The van der Waals surface area contributed by atoms with E-state index in [1.165, 1.54) is 6.21 Å². The number of rotatable bonds is 3. The molecule has 0 aliphatic carbocycles. The fraction of sp³-hybridized carbons (Fsp3) is 0. The Bertz CT molecular complexity index is 535. The van der Waals surface area contributed by atoms with Gasteiger partial charge in [-0.15, -0.1) is 0 Å². The molecular weight excluding hydrogens is 222 g/mol. The minimum atomic E-state index is -0.573. The number of carbonyl (C=O) groups is 1. The second kappa shape index (κ2) is 4.88. The highest BCUT2D eigenvalue weighted by molar-refractivity contribution is 5.96. The summed E-state index contributed by atoms with van der Waals surface area (Å²) in [4.78, 5) is 11.4. The predicted molar refractivity (Wildman–Crippen MR) is 60.2 cm³/mol. The number of nitrogens with two attached hydrogens (primary N) is 1. The quantitative estimate of drug-likeness (QED) is 0.588. The van der Waals surface area contributed by atoms with E-state index in [2.05, 4.69) is 25.5 Å². The van der Waals surface area contributed by atoms with Gasteiger partial charge >= 0.3 is 0 Å². The lowest BCUT2D eigenvalue weighted by molar-refractivity contribution is 0.0946. The zero-order valence-electron chi connectivity index (χ0n) is 8.70. The van der Waals surface area contributed by atoms with Gasteiger partial charge in [0.1, 0.15) is 0 Å². The molecule has 7 heteroatoms. The van der Waals surface area contributed by atoms with Crippen molar-refractivity contribution in [2.45, 2.75) is 0 Å². The van der Waals surface area contributed by atoms with Crippen LogP contribution in [0.15, 0.2) is 40.1 Å². The second-order valence-electron chi connectivity index (χ2n) is 3.11. The van der Waals surface area contributed by atoms with E-state index < -0.39 is 5.91 Å². The minimum absolute atomic E-state index is 0.0718. The molecule has 2 rings (SSSR count). The second-order valence-corrected chi connectivity index (χ2v) is 3.11. The fourth-order valence-corrected chi connectivity index (χ4v) is 1.11. The van der Waals surface area contributed by atoms with Crippen molar-refractivity contribution < 1.29 is 9.42 Å². The van der Waals surface area contributed by atoms with E-state index in [0.29, 0.717) is 0 Å². The van der Waals surface area contributed by atoms with Crippen LogP contribution in [-0.4, -0.2) is 22.4 Å². The van der Waals surface area contributed by atoms with Crippen molar-refractivity contribution in [1.82, 2.24) is 15.7 Å². The zero-order chi connectivity index (χ0) is 12.1. The number of hydrazone groups is 1. The van der Waals surface area contributed by atoms with Gasteiger partial charge in [0.25, 0.3) is 5.91 Å². The van der Waals surface area contributed by atoms with Crippen LogP contribution >= 0.6 is 0 Å². The average molecular weight is 231 g/mol. The molecular formula is C10H9N5O2. The Morgan fingerprint density at radius 2 is 2.12 bits per heavy atom. The van der Waals surface area contributed by atoms with Gasteiger partial charge in [-0.05, 0) is 15.9 Å². The summed E-state index contributed by atoms with van der Waals surface area (Å²) in [5.41, 5.74) is 8.38. The first-order valence-corrected chi connectivity index (χ1v) is 4.74. The number of aromatic nitrogens is 2. The van der Waals surface area contributed by atoms with Crippen LogP contribution in [0.3, 0.4) is 0 Å². The van der Waals surface area contributed by atoms with Gasteiger partial charge in [0, 0.05) is 0 Å². The maximum Gasteiger partial charge on any atom is 0.297 e. The van der Waals surface area contributed by atoms with Crippen molar-refractivity contribution in [2.24, 2.45) is 5.10 Å². The first-order chi connectivity index (χ1) is 8.27. The highest BCUT2D eigenvalue weighted by atomic mass is 16.6. The van der Waals surface area contributed by atoms with Gasteiger partial charge in [0.05, 0.1) is 6.21 Å². The van der Waals surface area contributed by atoms with E-state index in [-0.39, 0.29) is 11.5 Å². The smallest absolute Gasteiger partial charge is 0.297 e. The summed E-state index contributed by atoms with van der Waals surface area (Å²) in [6.45, 7) is 0. The molecule has 1 aromatic carbocycles. The molecule has 3 N–H and O–H groups in total. The number of benzene rings is 1. The highest BCUT2D eigenvalue weighted by Gasteiger charge is 2.14. The largest absolute Gasteiger partial charge is 0.379 e. The van der Waals surface area contributed by atoms with Crippen LogP contribution in [-0.2, 0) is 0 Å². The number of anilines is 1. The molecule has 2 aromatic rings. The maximum absolute atomic E-state index is 11.4. The van der Waals surface area contributed by atoms with Crippen LogP contribution in [0.5, 0.6) is 0 Å². The van der Waals surface area contributed by atoms with Crippen molar-refractivity contribution in [3.63, 3.8) is 0 Å². The van der Waals surface area contributed by atoms with E-state index in [1.54, 1.807) is 0 Å². The third-order valence-electron chi connectivity index (χ3n) is 1.91. The number of hydrogen-bond donors (Lipinski definition) is 2. The molecule has 0 aliphatic heterocycles. The molecule has 0 atom stereocenters. The average Bonchev–Trinajstić information content (AvgIpc) is 2.77. The molecule has 1 heterocycles. The fourth-order valence-electron chi connectivity index (χ4n) is 1.11. The third kappa shape index (κ3) is 2.65. The van der Waals surface area contributed by atoms with Crippen LogP contribution in [0, 0.1) is 0 Å². The Hall–Kier alpha value is -2.70. The predicted octanol–water partition coefficient (Wildman–Crippen LogP) is 0.416. The minimum Gasteiger partial charge on any atom is -0.379 e. The van der Waals surface area contributed by atoms with E-state index >= 15 is 0 Å². The van der Waals surface area contributed by atoms with Crippen molar-refractivity contribution in [2.75, 3.05) is 5.73 Å². The monoisotopic (exact) mass is 231 g/mol. The number of amides is 1. The number of nitrogens with one attached hydrogen (secondary N) is 1. The number of carbonyl (C=O) groups excluding carboxylic acids is 1. The molecule has 1 amide bonds. The summed E-state index contributed by atoms with van der Waals surface area (Å²) >= 11 is 0. The molecule has 1 aromatic heterocycles. The third-order valence-corrected chi connectivity index (χ3v) is 1.91. The number of hydrogen-bond acceptors (Lipinski definition) is 6. The molecule has 0 bridgehead atoms.